The molecule has 0 radical (unpaired) electrons. The SMILES string of the molecule is Cc1c(C(=O)NCC2(C(N)=O)COC2)cc(-c2cc(C(C)(C)C)cc(C3(C)CC3)c2)n1CC1CCCCC1. The van der Waals surface area contributed by atoms with Gasteiger partial charge in [0.05, 0.1) is 18.8 Å². The lowest BCUT2D eigenvalue weighted by atomic mass is 9.82. The van der Waals surface area contributed by atoms with Gasteiger partial charge < -0.3 is 20.4 Å². The van der Waals surface area contributed by atoms with Crippen molar-refractivity contribution in [1.82, 2.24) is 9.88 Å². The molecular formula is C32H45N3O3. The van der Waals surface area contributed by atoms with E-state index in [1.54, 1.807) is 0 Å². The van der Waals surface area contributed by atoms with E-state index in [0.717, 1.165) is 17.9 Å². The van der Waals surface area contributed by atoms with E-state index in [9.17, 15) is 9.59 Å². The van der Waals surface area contributed by atoms with Crippen LogP contribution in [0.25, 0.3) is 11.3 Å². The van der Waals surface area contributed by atoms with E-state index in [-0.39, 0.29) is 36.5 Å². The number of nitrogens with one attached hydrogen (secondary N) is 1. The molecule has 3 N–H and O–H groups in total. The number of amides is 2. The van der Waals surface area contributed by atoms with Crippen molar-refractivity contribution in [3.63, 3.8) is 0 Å². The minimum atomic E-state index is -0.799. The van der Waals surface area contributed by atoms with Gasteiger partial charge in [0.25, 0.3) is 5.91 Å². The molecule has 1 aliphatic heterocycles. The van der Waals surface area contributed by atoms with E-state index in [4.69, 9.17) is 10.5 Å². The molecule has 0 spiro atoms. The number of carbonyl (C=O) groups is 2. The molecule has 3 aliphatic rings. The second kappa shape index (κ2) is 9.86. The summed E-state index contributed by atoms with van der Waals surface area (Å²) in [6.07, 6.45) is 8.82. The van der Waals surface area contributed by atoms with Gasteiger partial charge in [0.15, 0.2) is 0 Å². The second-order valence-corrected chi connectivity index (χ2v) is 13.6. The number of benzene rings is 1. The van der Waals surface area contributed by atoms with E-state index < -0.39 is 11.3 Å². The summed E-state index contributed by atoms with van der Waals surface area (Å²) < 4.78 is 7.64. The highest BCUT2D eigenvalue weighted by Crippen LogP contribution is 2.49. The molecule has 0 bridgehead atoms. The molecule has 1 saturated heterocycles. The molecule has 1 aromatic heterocycles. The zero-order chi connectivity index (χ0) is 27.3. The molecule has 1 aromatic carbocycles. The molecule has 2 amide bonds. The van der Waals surface area contributed by atoms with E-state index in [1.807, 2.05) is 0 Å². The molecule has 2 heterocycles. The van der Waals surface area contributed by atoms with Gasteiger partial charge in [0, 0.05) is 24.5 Å². The largest absolute Gasteiger partial charge is 0.379 e. The van der Waals surface area contributed by atoms with Crippen LogP contribution in [0.1, 0.15) is 99.8 Å². The van der Waals surface area contributed by atoms with Gasteiger partial charge in [-0.25, -0.2) is 0 Å². The predicted molar refractivity (Wildman–Crippen MR) is 151 cm³/mol. The number of rotatable bonds is 8. The zero-order valence-corrected chi connectivity index (χ0v) is 23.9. The molecule has 3 fully saturated rings. The Labute approximate surface area is 227 Å². The fraction of sp³-hybridized carbons (Fsp3) is 0.625. The number of hydrogen-bond acceptors (Lipinski definition) is 3. The topological polar surface area (TPSA) is 86.3 Å². The highest BCUT2D eigenvalue weighted by Gasteiger charge is 2.45. The van der Waals surface area contributed by atoms with Gasteiger partial charge in [-0.1, -0.05) is 53.0 Å². The van der Waals surface area contributed by atoms with Crippen molar-refractivity contribution in [2.45, 2.75) is 96.9 Å². The van der Waals surface area contributed by atoms with E-state index in [1.165, 1.54) is 61.6 Å². The summed E-state index contributed by atoms with van der Waals surface area (Å²) in [5.41, 5.74) is 11.8. The molecule has 0 unspecified atom stereocenters. The first kappa shape index (κ1) is 27.0. The highest BCUT2D eigenvalue weighted by molar-refractivity contribution is 5.97. The molecule has 206 valence electrons. The average molecular weight is 520 g/mol. The normalized spacial score (nSPS) is 20.6. The smallest absolute Gasteiger partial charge is 0.253 e. The van der Waals surface area contributed by atoms with Crippen molar-refractivity contribution < 1.29 is 14.3 Å². The van der Waals surface area contributed by atoms with Crippen molar-refractivity contribution >= 4 is 11.8 Å². The van der Waals surface area contributed by atoms with Crippen LogP contribution in [0.3, 0.4) is 0 Å². The number of hydrogen-bond donors (Lipinski definition) is 2. The third-order valence-corrected chi connectivity index (χ3v) is 9.44. The molecular weight excluding hydrogens is 474 g/mol. The van der Waals surface area contributed by atoms with Crippen LogP contribution in [0.15, 0.2) is 24.3 Å². The molecule has 38 heavy (non-hydrogen) atoms. The minimum absolute atomic E-state index is 0.0278. The first-order valence-corrected chi connectivity index (χ1v) is 14.4. The lowest BCUT2D eigenvalue weighted by Crippen LogP contribution is -2.58. The maximum atomic E-state index is 13.5. The molecule has 5 rings (SSSR count). The average Bonchev–Trinajstić information content (AvgIpc) is 3.52. The van der Waals surface area contributed by atoms with Crippen LogP contribution in [0.2, 0.25) is 0 Å². The maximum Gasteiger partial charge on any atom is 0.253 e. The van der Waals surface area contributed by atoms with E-state index >= 15 is 0 Å². The Balaban J connectivity index is 1.54. The minimum Gasteiger partial charge on any atom is -0.379 e. The number of aromatic nitrogens is 1. The van der Waals surface area contributed by atoms with Gasteiger partial charge in [0.2, 0.25) is 5.91 Å². The Hall–Kier alpha value is -2.60. The Bertz CT molecular complexity index is 1200. The standard InChI is InChI=1S/C32H45N3O3/c1-21-26(28(36)34-18-32(29(33)37)19-38-20-32)16-27(35(21)17-22-9-7-6-8-10-22)23-13-24(30(2,3)4)15-25(14-23)31(5)11-12-31/h13-16,22H,6-12,17-20H2,1-5H3,(H2,33,37)(H,34,36). The third-order valence-electron chi connectivity index (χ3n) is 9.44. The van der Waals surface area contributed by atoms with Gasteiger partial charge in [-0.05, 0) is 84.2 Å². The summed E-state index contributed by atoms with van der Waals surface area (Å²) in [5.74, 6) is 0.0532. The molecule has 2 aromatic rings. The lowest BCUT2D eigenvalue weighted by molar-refractivity contribution is -0.156. The molecule has 0 atom stereocenters. The van der Waals surface area contributed by atoms with Crippen LogP contribution in [0, 0.1) is 18.3 Å². The van der Waals surface area contributed by atoms with Crippen LogP contribution in [0.4, 0.5) is 0 Å². The Kier molecular flexibility index (Phi) is 7.00. The van der Waals surface area contributed by atoms with Crippen molar-refractivity contribution in [2.75, 3.05) is 19.8 Å². The summed E-state index contributed by atoms with van der Waals surface area (Å²) in [7, 11) is 0. The highest BCUT2D eigenvalue weighted by atomic mass is 16.5. The summed E-state index contributed by atoms with van der Waals surface area (Å²) in [6, 6.07) is 9.17. The van der Waals surface area contributed by atoms with Crippen LogP contribution in [-0.2, 0) is 26.9 Å². The fourth-order valence-corrected chi connectivity index (χ4v) is 6.04. The van der Waals surface area contributed by atoms with Gasteiger partial charge in [-0.2, -0.15) is 0 Å². The number of nitrogens with zero attached hydrogens (tertiary/aromatic N) is 1. The number of ether oxygens (including phenoxy) is 1. The number of primary amides is 1. The quantitative estimate of drug-likeness (QED) is 0.474. The van der Waals surface area contributed by atoms with Crippen molar-refractivity contribution in [2.24, 2.45) is 17.1 Å². The number of nitrogens with two attached hydrogens (primary N) is 1. The maximum absolute atomic E-state index is 13.5. The lowest BCUT2D eigenvalue weighted by Gasteiger charge is -2.38. The summed E-state index contributed by atoms with van der Waals surface area (Å²) in [4.78, 5) is 25.5. The zero-order valence-electron chi connectivity index (χ0n) is 23.9. The van der Waals surface area contributed by atoms with Crippen LogP contribution in [0.5, 0.6) is 0 Å². The van der Waals surface area contributed by atoms with Gasteiger partial charge >= 0.3 is 0 Å². The number of carbonyl (C=O) groups excluding carboxylic acids is 2. The molecule has 6 heteroatoms. The Morgan fingerprint density at radius 3 is 2.32 bits per heavy atom. The van der Waals surface area contributed by atoms with E-state index in [0.29, 0.717) is 11.5 Å². The van der Waals surface area contributed by atoms with Gasteiger partial charge in [-0.3, -0.25) is 9.59 Å². The second-order valence-electron chi connectivity index (χ2n) is 13.6. The molecule has 6 nitrogen and oxygen atoms in total. The Morgan fingerprint density at radius 2 is 1.76 bits per heavy atom. The monoisotopic (exact) mass is 519 g/mol. The first-order valence-electron chi connectivity index (χ1n) is 14.4. The van der Waals surface area contributed by atoms with E-state index in [2.05, 4.69) is 68.8 Å². The van der Waals surface area contributed by atoms with Crippen molar-refractivity contribution in [3.05, 3.63) is 46.6 Å². The van der Waals surface area contributed by atoms with Crippen LogP contribution in [-0.4, -0.2) is 36.1 Å². The summed E-state index contributed by atoms with van der Waals surface area (Å²) in [5, 5.41) is 3.01. The molecule has 2 saturated carbocycles. The van der Waals surface area contributed by atoms with Crippen LogP contribution >= 0.6 is 0 Å². The van der Waals surface area contributed by atoms with Crippen LogP contribution < -0.4 is 11.1 Å². The van der Waals surface area contributed by atoms with Crippen molar-refractivity contribution in [1.29, 1.82) is 0 Å². The summed E-state index contributed by atoms with van der Waals surface area (Å²) >= 11 is 0. The van der Waals surface area contributed by atoms with Crippen molar-refractivity contribution in [3.8, 4) is 11.3 Å². The molecule has 2 aliphatic carbocycles. The Morgan fingerprint density at radius 1 is 1.08 bits per heavy atom. The van der Waals surface area contributed by atoms with Gasteiger partial charge in [-0.15, -0.1) is 0 Å². The third kappa shape index (κ3) is 5.16. The summed E-state index contributed by atoms with van der Waals surface area (Å²) in [6.45, 7) is 12.9. The fourth-order valence-electron chi connectivity index (χ4n) is 6.04. The first-order chi connectivity index (χ1) is 17.9. The predicted octanol–water partition coefficient (Wildman–Crippen LogP) is 5.62. The van der Waals surface area contributed by atoms with Gasteiger partial charge in [0.1, 0.15) is 5.41 Å².